The Labute approximate surface area is 194 Å². The van der Waals surface area contributed by atoms with E-state index in [-0.39, 0.29) is 12.2 Å². The monoisotopic (exact) mass is 449 g/mol. The molecule has 1 aliphatic rings. The summed E-state index contributed by atoms with van der Waals surface area (Å²) in [4.78, 5) is 15.5. The second kappa shape index (κ2) is 11.2. The summed E-state index contributed by atoms with van der Waals surface area (Å²) in [7, 11) is 1.71. The van der Waals surface area contributed by atoms with Crippen LogP contribution < -0.4 is 10.1 Å². The van der Waals surface area contributed by atoms with Gasteiger partial charge in [-0.15, -0.1) is 0 Å². The van der Waals surface area contributed by atoms with Crippen molar-refractivity contribution in [2.45, 2.75) is 39.2 Å². The van der Waals surface area contributed by atoms with Crippen LogP contribution in [0.25, 0.3) is 0 Å². The van der Waals surface area contributed by atoms with Gasteiger partial charge in [-0.1, -0.05) is 12.1 Å². The Morgan fingerprint density at radius 1 is 1.18 bits per heavy atom. The lowest BCUT2D eigenvalue weighted by atomic mass is 10.1. The summed E-state index contributed by atoms with van der Waals surface area (Å²) in [5.41, 5.74) is 3.19. The molecule has 0 amide bonds. The van der Waals surface area contributed by atoms with Gasteiger partial charge < -0.3 is 19.5 Å². The summed E-state index contributed by atoms with van der Waals surface area (Å²) >= 11 is 0. The van der Waals surface area contributed by atoms with Crippen molar-refractivity contribution in [1.29, 1.82) is 0 Å². The van der Waals surface area contributed by atoms with E-state index in [0.29, 0.717) is 19.0 Å². The van der Waals surface area contributed by atoms with Gasteiger partial charge in [0, 0.05) is 44.7 Å². The Morgan fingerprint density at radius 2 is 2.09 bits per heavy atom. The molecule has 0 bridgehead atoms. The fourth-order valence-electron chi connectivity index (χ4n) is 3.85. The van der Waals surface area contributed by atoms with E-state index in [9.17, 15) is 0 Å². The highest BCUT2D eigenvalue weighted by Gasteiger charge is 2.23. The number of nitrogens with zero attached hydrogens (tertiary/aromatic N) is 4. The molecule has 8 nitrogen and oxygen atoms in total. The van der Waals surface area contributed by atoms with Gasteiger partial charge in [0.15, 0.2) is 0 Å². The zero-order valence-electron chi connectivity index (χ0n) is 19.4. The molecule has 1 fully saturated rings. The van der Waals surface area contributed by atoms with Gasteiger partial charge >= 0.3 is 0 Å². The molecule has 1 aliphatic heterocycles. The third kappa shape index (κ3) is 6.47. The molecule has 0 aliphatic carbocycles. The summed E-state index contributed by atoms with van der Waals surface area (Å²) in [5.74, 6) is 2.26. The summed E-state index contributed by atoms with van der Waals surface area (Å²) in [6.07, 6.45) is 4.99. The van der Waals surface area contributed by atoms with Gasteiger partial charge in [0.05, 0.1) is 31.2 Å². The predicted molar refractivity (Wildman–Crippen MR) is 126 cm³/mol. The average molecular weight is 450 g/mol. The van der Waals surface area contributed by atoms with E-state index in [1.54, 1.807) is 25.7 Å². The first-order chi connectivity index (χ1) is 16.1. The van der Waals surface area contributed by atoms with Gasteiger partial charge in [-0.05, 0) is 43.7 Å². The van der Waals surface area contributed by atoms with Gasteiger partial charge in [-0.3, -0.25) is 9.88 Å². The van der Waals surface area contributed by atoms with Crippen LogP contribution in [-0.2, 0) is 22.6 Å². The molecule has 0 saturated carbocycles. The maximum atomic E-state index is 6.06. The minimum Gasteiger partial charge on any atom is -0.491 e. The number of benzene rings is 1. The second-order valence-corrected chi connectivity index (χ2v) is 8.30. The molecule has 3 heterocycles. The number of ether oxygens (including phenoxy) is 3. The molecular weight excluding hydrogens is 418 g/mol. The van der Waals surface area contributed by atoms with Crippen molar-refractivity contribution >= 4 is 11.6 Å². The highest BCUT2D eigenvalue weighted by atomic mass is 16.5. The topological polar surface area (TPSA) is 81.6 Å². The van der Waals surface area contributed by atoms with Crippen LogP contribution in [0.15, 0.2) is 55.0 Å². The van der Waals surface area contributed by atoms with Crippen molar-refractivity contribution in [3.05, 3.63) is 71.8 Å². The minimum absolute atomic E-state index is 0.0932. The van der Waals surface area contributed by atoms with Crippen LogP contribution in [0.2, 0.25) is 0 Å². The summed E-state index contributed by atoms with van der Waals surface area (Å²) < 4.78 is 17.4. The first-order valence-electron chi connectivity index (χ1n) is 11.2. The number of hydrogen-bond donors (Lipinski definition) is 1. The maximum Gasteiger partial charge on any atom is 0.150 e. The molecule has 1 atom stereocenters. The van der Waals surface area contributed by atoms with Crippen LogP contribution in [0.1, 0.15) is 36.8 Å². The standard InChI is InChI=1S/C25H31N5O3/c1-18(2)33-22-8-7-19(13-20(22)17-31-3)15-30-11-12-32-23(16-30)21-5-4-6-24(28-21)29-25-14-26-9-10-27-25/h4-10,13-14,18,23H,11-12,15-17H2,1-3H3,(H,27,28,29)/t23-/m1/s1. The number of aromatic nitrogens is 3. The molecular formula is C25H31N5O3. The molecule has 33 heavy (non-hydrogen) atoms. The van der Waals surface area contributed by atoms with Crippen molar-refractivity contribution in [1.82, 2.24) is 19.9 Å². The highest BCUT2D eigenvalue weighted by molar-refractivity contribution is 5.50. The molecule has 0 spiro atoms. The van der Waals surface area contributed by atoms with Crippen LogP contribution in [0.5, 0.6) is 5.75 Å². The number of anilines is 2. The van der Waals surface area contributed by atoms with Crippen LogP contribution >= 0.6 is 0 Å². The van der Waals surface area contributed by atoms with Crippen molar-refractivity contribution in [2.75, 3.05) is 32.1 Å². The Bertz CT molecular complexity index is 1030. The van der Waals surface area contributed by atoms with Crippen LogP contribution in [0.3, 0.4) is 0 Å². The Hall–Kier alpha value is -3.07. The van der Waals surface area contributed by atoms with Crippen molar-refractivity contribution in [3.8, 4) is 5.75 Å². The zero-order valence-corrected chi connectivity index (χ0v) is 19.4. The van der Waals surface area contributed by atoms with Gasteiger partial charge in [0.1, 0.15) is 23.5 Å². The zero-order chi connectivity index (χ0) is 23.0. The quantitative estimate of drug-likeness (QED) is 0.522. The molecule has 0 unspecified atom stereocenters. The smallest absolute Gasteiger partial charge is 0.150 e. The number of pyridine rings is 1. The van der Waals surface area contributed by atoms with E-state index in [1.165, 1.54) is 5.56 Å². The van der Waals surface area contributed by atoms with Crippen molar-refractivity contribution in [2.24, 2.45) is 0 Å². The number of morpholine rings is 1. The Morgan fingerprint density at radius 3 is 2.88 bits per heavy atom. The van der Waals surface area contributed by atoms with Gasteiger partial charge in [0.2, 0.25) is 0 Å². The van der Waals surface area contributed by atoms with E-state index >= 15 is 0 Å². The molecule has 174 valence electrons. The van der Waals surface area contributed by atoms with Gasteiger partial charge in [0.25, 0.3) is 0 Å². The highest BCUT2D eigenvalue weighted by Crippen LogP contribution is 2.26. The van der Waals surface area contributed by atoms with Crippen molar-refractivity contribution in [3.63, 3.8) is 0 Å². The fraction of sp³-hybridized carbons (Fsp3) is 0.400. The van der Waals surface area contributed by atoms with Crippen LogP contribution in [-0.4, -0.2) is 52.8 Å². The predicted octanol–water partition coefficient (Wildman–Crippen LogP) is 4.12. The van der Waals surface area contributed by atoms with E-state index in [4.69, 9.17) is 19.2 Å². The lowest BCUT2D eigenvalue weighted by Crippen LogP contribution is -2.38. The van der Waals surface area contributed by atoms with Gasteiger partial charge in [-0.25, -0.2) is 9.97 Å². The Balaban J connectivity index is 1.43. The lowest BCUT2D eigenvalue weighted by Gasteiger charge is -2.33. The van der Waals surface area contributed by atoms with Crippen LogP contribution in [0.4, 0.5) is 11.6 Å². The summed E-state index contributed by atoms with van der Waals surface area (Å²) in [6.45, 7) is 7.72. The van der Waals surface area contributed by atoms with E-state index in [2.05, 4.69) is 32.3 Å². The second-order valence-electron chi connectivity index (χ2n) is 8.30. The summed E-state index contributed by atoms with van der Waals surface area (Å²) in [6, 6.07) is 12.3. The molecule has 4 rings (SSSR count). The lowest BCUT2D eigenvalue weighted by molar-refractivity contribution is -0.0349. The molecule has 3 aromatic rings. The first kappa shape index (κ1) is 23.1. The Kier molecular flexibility index (Phi) is 7.83. The van der Waals surface area contributed by atoms with Gasteiger partial charge in [-0.2, -0.15) is 0 Å². The van der Waals surface area contributed by atoms with E-state index < -0.39 is 0 Å². The normalized spacial score (nSPS) is 16.7. The number of hydrogen-bond acceptors (Lipinski definition) is 8. The molecule has 1 saturated heterocycles. The molecule has 1 N–H and O–H groups in total. The first-order valence-corrected chi connectivity index (χ1v) is 11.2. The van der Waals surface area contributed by atoms with E-state index in [0.717, 1.165) is 42.5 Å². The largest absolute Gasteiger partial charge is 0.491 e. The third-order valence-electron chi connectivity index (χ3n) is 5.26. The molecule has 1 aromatic carbocycles. The molecule has 8 heteroatoms. The van der Waals surface area contributed by atoms with Crippen LogP contribution in [0, 0.1) is 0 Å². The third-order valence-corrected chi connectivity index (χ3v) is 5.26. The average Bonchev–Trinajstić information content (AvgIpc) is 2.82. The maximum absolute atomic E-state index is 6.06. The SMILES string of the molecule is COCc1cc(CN2CCO[C@@H](c3cccc(Nc4cnccn4)n3)C2)ccc1OC(C)C. The number of methoxy groups -OCH3 is 1. The van der Waals surface area contributed by atoms with E-state index in [1.807, 2.05) is 38.1 Å². The van der Waals surface area contributed by atoms with Crippen molar-refractivity contribution < 1.29 is 14.2 Å². The number of rotatable bonds is 9. The molecule has 0 radical (unpaired) electrons. The minimum atomic E-state index is -0.0932. The fourth-order valence-corrected chi connectivity index (χ4v) is 3.85. The number of nitrogens with one attached hydrogen (secondary N) is 1. The molecule has 2 aromatic heterocycles. The summed E-state index contributed by atoms with van der Waals surface area (Å²) in [5, 5.41) is 3.19.